The van der Waals surface area contributed by atoms with Gasteiger partial charge in [0, 0.05) is 29.8 Å². The largest absolute Gasteiger partial charge is 0.485 e. The van der Waals surface area contributed by atoms with Gasteiger partial charge in [-0.05, 0) is 24.3 Å². The fourth-order valence-corrected chi connectivity index (χ4v) is 2.33. The Labute approximate surface area is 115 Å². The lowest BCUT2D eigenvalue weighted by atomic mass is 9.96. The summed E-state index contributed by atoms with van der Waals surface area (Å²) in [5.41, 5.74) is 1.34. The number of nitrogens with zero attached hydrogens (tertiary/aromatic N) is 1. The third-order valence-corrected chi connectivity index (χ3v) is 3.38. The summed E-state index contributed by atoms with van der Waals surface area (Å²) in [5, 5.41) is 10.1. The number of rotatable bonds is 2. The maximum Gasteiger partial charge on any atom is 0.212 e. The lowest BCUT2D eigenvalue weighted by Crippen LogP contribution is -2.19. The first kappa shape index (κ1) is 12.9. The molecule has 3 rings (SSSR count). The van der Waals surface area contributed by atoms with E-state index in [1.807, 2.05) is 6.07 Å². The van der Waals surface area contributed by atoms with E-state index in [1.54, 1.807) is 19.4 Å². The van der Waals surface area contributed by atoms with Crippen molar-refractivity contribution >= 4 is 0 Å². The summed E-state index contributed by atoms with van der Waals surface area (Å²) in [6.07, 6.45) is 0.970. The van der Waals surface area contributed by atoms with Gasteiger partial charge in [-0.3, -0.25) is 0 Å². The molecule has 1 aliphatic rings. The van der Waals surface area contributed by atoms with Gasteiger partial charge in [-0.1, -0.05) is 0 Å². The second-order valence-corrected chi connectivity index (χ2v) is 4.67. The number of pyridine rings is 1. The molecule has 1 unspecified atom stereocenters. The highest BCUT2D eigenvalue weighted by atomic mass is 19.1. The molecule has 4 nitrogen and oxygen atoms in total. The van der Waals surface area contributed by atoms with Crippen molar-refractivity contribution in [3.8, 4) is 11.6 Å². The molecule has 1 N–H and O–H groups in total. The second-order valence-electron chi connectivity index (χ2n) is 4.67. The molecule has 0 saturated heterocycles. The third-order valence-electron chi connectivity index (χ3n) is 3.38. The maximum absolute atomic E-state index is 13.2. The van der Waals surface area contributed by atoms with Crippen LogP contribution in [0.15, 0.2) is 36.5 Å². The van der Waals surface area contributed by atoms with Gasteiger partial charge in [-0.2, -0.15) is 0 Å². The molecule has 0 radical (unpaired) electrons. The molecule has 0 amide bonds. The number of hydrogen-bond donors (Lipinski definition) is 1. The van der Waals surface area contributed by atoms with Crippen LogP contribution in [0.5, 0.6) is 11.6 Å². The Kier molecular flexibility index (Phi) is 3.28. The first-order valence-electron chi connectivity index (χ1n) is 6.31. The Morgan fingerprint density at radius 1 is 1.35 bits per heavy atom. The van der Waals surface area contributed by atoms with Gasteiger partial charge in [0.1, 0.15) is 17.7 Å². The highest BCUT2D eigenvalue weighted by molar-refractivity contribution is 5.38. The molecule has 1 aliphatic heterocycles. The van der Waals surface area contributed by atoms with Gasteiger partial charge >= 0.3 is 0 Å². The minimum Gasteiger partial charge on any atom is -0.485 e. The number of aromatic nitrogens is 1. The number of ether oxygens (including phenoxy) is 2. The van der Waals surface area contributed by atoms with E-state index in [2.05, 4.69) is 4.98 Å². The molecule has 5 heteroatoms. The van der Waals surface area contributed by atoms with E-state index < -0.39 is 6.10 Å². The lowest BCUT2D eigenvalue weighted by Gasteiger charge is -2.29. The lowest BCUT2D eigenvalue weighted by molar-refractivity contribution is 0.0651. The van der Waals surface area contributed by atoms with Crippen LogP contribution in [0.25, 0.3) is 0 Å². The summed E-state index contributed by atoms with van der Waals surface area (Å²) in [5.74, 6) is 0.648. The summed E-state index contributed by atoms with van der Waals surface area (Å²) in [6, 6.07) is 7.75. The fraction of sp³-hybridized carbons (Fsp3) is 0.267. The normalized spacial score (nSPS) is 20.9. The average Bonchev–Trinajstić information content (AvgIpc) is 2.48. The Bertz CT molecular complexity index is 615. The Balaban J connectivity index is 1.88. The number of hydrogen-bond acceptors (Lipinski definition) is 4. The highest BCUT2D eigenvalue weighted by Gasteiger charge is 2.28. The summed E-state index contributed by atoms with van der Waals surface area (Å²) in [7, 11) is 1.55. The number of benzene rings is 1. The molecule has 2 heterocycles. The van der Waals surface area contributed by atoms with E-state index in [-0.39, 0.29) is 11.9 Å². The molecule has 20 heavy (non-hydrogen) atoms. The van der Waals surface area contributed by atoms with Crippen LogP contribution in [0, 0.1) is 5.82 Å². The van der Waals surface area contributed by atoms with Crippen molar-refractivity contribution in [2.75, 3.05) is 7.11 Å². The smallest absolute Gasteiger partial charge is 0.212 e. The number of halogens is 1. The van der Waals surface area contributed by atoms with Crippen molar-refractivity contribution in [2.24, 2.45) is 0 Å². The van der Waals surface area contributed by atoms with Gasteiger partial charge < -0.3 is 14.6 Å². The first-order chi connectivity index (χ1) is 9.67. The van der Waals surface area contributed by atoms with Crippen LogP contribution in [0.2, 0.25) is 0 Å². The Morgan fingerprint density at radius 2 is 2.20 bits per heavy atom. The molecule has 0 saturated carbocycles. The van der Waals surface area contributed by atoms with Crippen LogP contribution in [-0.2, 0) is 0 Å². The quantitative estimate of drug-likeness (QED) is 0.915. The molecular weight excluding hydrogens is 261 g/mol. The van der Waals surface area contributed by atoms with Crippen molar-refractivity contribution in [3.05, 3.63) is 53.5 Å². The predicted molar refractivity (Wildman–Crippen MR) is 70.1 cm³/mol. The minimum atomic E-state index is -0.749. The molecule has 104 valence electrons. The standard InChI is InChI=1S/C15H14FNO3/c1-19-15-5-2-9(8-17-15)14-7-12(18)11-6-10(16)3-4-13(11)20-14/h2-6,8,12,14,18H,7H2,1H3/t12-,14?/m1/s1. The van der Waals surface area contributed by atoms with Gasteiger partial charge in [0.15, 0.2) is 0 Å². The van der Waals surface area contributed by atoms with Crippen molar-refractivity contribution in [1.82, 2.24) is 4.98 Å². The van der Waals surface area contributed by atoms with Crippen molar-refractivity contribution in [2.45, 2.75) is 18.6 Å². The summed E-state index contributed by atoms with van der Waals surface area (Å²) in [4.78, 5) is 4.12. The second kappa shape index (κ2) is 5.09. The maximum atomic E-state index is 13.2. The molecule has 1 aromatic carbocycles. The average molecular weight is 275 g/mol. The van der Waals surface area contributed by atoms with Crippen molar-refractivity contribution < 1.29 is 19.0 Å². The monoisotopic (exact) mass is 275 g/mol. The predicted octanol–water partition coefficient (Wildman–Crippen LogP) is 2.79. The zero-order chi connectivity index (χ0) is 14.1. The zero-order valence-electron chi connectivity index (χ0n) is 10.9. The molecule has 0 aliphatic carbocycles. The summed E-state index contributed by atoms with van der Waals surface area (Å²) >= 11 is 0. The molecule has 0 fully saturated rings. The summed E-state index contributed by atoms with van der Waals surface area (Å²) < 4.78 is 24.0. The molecule has 2 aromatic rings. The van der Waals surface area contributed by atoms with E-state index in [4.69, 9.17) is 9.47 Å². The van der Waals surface area contributed by atoms with Gasteiger partial charge in [0.25, 0.3) is 0 Å². The third kappa shape index (κ3) is 2.32. The first-order valence-corrected chi connectivity index (χ1v) is 6.31. The van der Waals surface area contributed by atoms with Crippen LogP contribution >= 0.6 is 0 Å². The van der Waals surface area contributed by atoms with Crippen LogP contribution in [0.1, 0.15) is 29.8 Å². The number of aliphatic hydroxyl groups is 1. The summed E-state index contributed by atoms with van der Waals surface area (Å²) in [6.45, 7) is 0. The minimum absolute atomic E-state index is 0.304. The van der Waals surface area contributed by atoms with Crippen LogP contribution < -0.4 is 9.47 Å². The molecule has 1 aromatic heterocycles. The van der Waals surface area contributed by atoms with Crippen molar-refractivity contribution in [3.63, 3.8) is 0 Å². The van der Waals surface area contributed by atoms with Crippen LogP contribution in [0.4, 0.5) is 4.39 Å². The van der Waals surface area contributed by atoms with Gasteiger partial charge in [0.05, 0.1) is 13.2 Å². The Morgan fingerprint density at radius 3 is 2.90 bits per heavy atom. The van der Waals surface area contributed by atoms with E-state index >= 15 is 0 Å². The van der Waals surface area contributed by atoms with E-state index in [0.717, 1.165) is 5.56 Å². The topological polar surface area (TPSA) is 51.6 Å². The molecule has 0 spiro atoms. The van der Waals surface area contributed by atoms with Gasteiger partial charge in [-0.25, -0.2) is 9.37 Å². The van der Waals surface area contributed by atoms with E-state index in [1.165, 1.54) is 18.2 Å². The van der Waals surface area contributed by atoms with E-state index in [9.17, 15) is 9.50 Å². The number of fused-ring (bicyclic) bond motifs is 1. The van der Waals surface area contributed by atoms with Crippen molar-refractivity contribution in [1.29, 1.82) is 0 Å². The highest BCUT2D eigenvalue weighted by Crippen LogP contribution is 2.40. The molecule has 2 atom stereocenters. The van der Waals surface area contributed by atoms with Gasteiger partial charge in [0.2, 0.25) is 5.88 Å². The van der Waals surface area contributed by atoms with Gasteiger partial charge in [-0.15, -0.1) is 0 Å². The Hall–Kier alpha value is -2.14. The van der Waals surface area contributed by atoms with E-state index in [0.29, 0.717) is 23.6 Å². The SMILES string of the molecule is COc1ccc(C2C[C@@H](O)c3cc(F)ccc3O2)cn1. The molecule has 0 bridgehead atoms. The molecular formula is C15H14FNO3. The fourth-order valence-electron chi connectivity index (χ4n) is 2.33. The number of methoxy groups -OCH3 is 1. The van der Waals surface area contributed by atoms with Crippen LogP contribution in [0.3, 0.4) is 0 Å². The van der Waals surface area contributed by atoms with Crippen LogP contribution in [-0.4, -0.2) is 17.2 Å². The number of aliphatic hydroxyl groups excluding tert-OH is 1. The zero-order valence-corrected chi connectivity index (χ0v) is 10.9.